The molecule has 0 bridgehead atoms. The molecule has 1 aliphatic heterocycles. The molecule has 2 N–H and O–H groups in total. The Morgan fingerprint density at radius 2 is 2.00 bits per heavy atom. The zero-order valence-electron chi connectivity index (χ0n) is 10.8. The van der Waals surface area contributed by atoms with Crippen molar-refractivity contribution in [2.24, 2.45) is 5.73 Å². The maximum Gasteiger partial charge on any atom is 0.133 e. The number of benzene rings is 1. The molecule has 0 saturated carbocycles. The molecule has 2 heterocycles. The third kappa shape index (κ3) is 1.95. The number of hydrogen-bond acceptors (Lipinski definition) is 3. The van der Waals surface area contributed by atoms with E-state index in [9.17, 15) is 0 Å². The van der Waals surface area contributed by atoms with Gasteiger partial charge in [0.2, 0.25) is 0 Å². The van der Waals surface area contributed by atoms with E-state index in [1.165, 1.54) is 23.8 Å². The minimum absolute atomic E-state index is 0.558. The van der Waals surface area contributed by atoms with Crippen LogP contribution in [0.2, 0.25) is 0 Å². The number of nitrogens with zero attached hydrogens (tertiary/aromatic N) is 2. The highest BCUT2D eigenvalue weighted by Crippen LogP contribution is 2.26. The minimum Gasteiger partial charge on any atom is -0.356 e. The Morgan fingerprint density at radius 1 is 1.22 bits per heavy atom. The second-order valence-electron chi connectivity index (χ2n) is 5.07. The van der Waals surface area contributed by atoms with E-state index in [1.54, 1.807) is 0 Å². The fourth-order valence-electron chi connectivity index (χ4n) is 2.68. The molecule has 2 aromatic rings. The van der Waals surface area contributed by atoms with Crippen molar-refractivity contribution < 1.29 is 0 Å². The molecule has 18 heavy (non-hydrogen) atoms. The van der Waals surface area contributed by atoms with E-state index in [2.05, 4.69) is 36.1 Å². The second-order valence-corrected chi connectivity index (χ2v) is 5.07. The van der Waals surface area contributed by atoms with Crippen molar-refractivity contribution in [1.82, 2.24) is 4.98 Å². The monoisotopic (exact) mass is 241 g/mol. The van der Waals surface area contributed by atoms with Gasteiger partial charge in [-0.25, -0.2) is 4.98 Å². The maximum atomic E-state index is 5.88. The third-order valence-corrected chi connectivity index (χ3v) is 3.65. The molecule has 3 rings (SSSR count). The topological polar surface area (TPSA) is 42.2 Å². The van der Waals surface area contributed by atoms with Gasteiger partial charge in [-0.3, -0.25) is 0 Å². The van der Waals surface area contributed by atoms with Crippen molar-refractivity contribution in [3.8, 4) is 0 Å². The molecule has 94 valence electrons. The molecule has 0 radical (unpaired) electrons. The summed E-state index contributed by atoms with van der Waals surface area (Å²) in [6.45, 7) is 4.88. The summed E-state index contributed by atoms with van der Waals surface area (Å²) in [4.78, 5) is 7.18. The number of pyridine rings is 1. The normalized spacial score (nSPS) is 15.6. The fraction of sp³-hybridized carbons (Fsp3) is 0.400. The number of fused-ring (bicyclic) bond motifs is 1. The molecule has 3 heteroatoms. The summed E-state index contributed by atoms with van der Waals surface area (Å²) < 4.78 is 0. The minimum atomic E-state index is 0.558. The second kappa shape index (κ2) is 4.58. The summed E-state index contributed by atoms with van der Waals surface area (Å²) in [5.74, 6) is 1.09. The SMILES string of the molecule is Cc1ccc2nc(N3CCCC3)c(CN)cc2c1. The van der Waals surface area contributed by atoms with Gasteiger partial charge >= 0.3 is 0 Å². The van der Waals surface area contributed by atoms with Crippen LogP contribution < -0.4 is 10.6 Å². The number of nitrogens with two attached hydrogens (primary N) is 1. The average Bonchev–Trinajstić information content (AvgIpc) is 2.90. The highest BCUT2D eigenvalue weighted by molar-refractivity contribution is 5.82. The van der Waals surface area contributed by atoms with Crippen LogP contribution in [0.25, 0.3) is 10.9 Å². The first-order chi connectivity index (χ1) is 8.78. The Morgan fingerprint density at radius 3 is 2.72 bits per heavy atom. The summed E-state index contributed by atoms with van der Waals surface area (Å²) in [6.07, 6.45) is 2.52. The predicted molar refractivity (Wildman–Crippen MR) is 75.8 cm³/mol. The molecule has 1 fully saturated rings. The van der Waals surface area contributed by atoms with Crippen LogP contribution in [0.4, 0.5) is 5.82 Å². The van der Waals surface area contributed by atoms with E-state index < -0.39 is 0 Å². The number of aromatic nitrogens is 1. The first kappa shape index (κ1) is 11.5. The molecule has 0 aliphatic carbocycles. The van der Waals surface area contributed by atoms with E-state index in [1.807, 2.05) is 0 Å². The Kier molecular flexibility index (Phi) is 2.92. The third-order valence-electron chi connectivity index (χ3n) is 3.65. The maximum absolute atomic E-state index is 5.88. The molecule has 0 spiro atoms. The van der Waals surface area contributed by atoms with Gasteiger partial charge in [0, 0.05) is 30.6 Å². The summed E-state index contributed by atoms with van der Waals surface area (Å²) in [6, 6.07) is 8.59. The lowest BCUT2D eigenvalue weighted by Gasteiger charge is -2.20. The predicted octanol–water partition coefficient (Wildman–Crippen LogP) is 2.60. The van der Waals surface area contributed by atoms with Gasteiger partial charge in [-0.2, -0.15) is 0 Å². The van der Waals surface area contributed by atoms with Crippen LogP contribution in [0.3, 0.4) is 0 Å². The molecule has 1 aromatic carbocycles. The lowest BCUT2D eigenvalue weighted by molar-refractivity contribution is 0.914. The fourth-order valence-corrected chi connectivity index (χ4v) is 2.68. The van der Waals surface area contributed by atoms with Gasteiger partial charge < -0.3 is 10.6 Å². The van der Waals surface area contributed by atoms with Crippen LogP contribution in [-0.4, -0.2) is 18.1 Å². The van der Waals surface area contributed by atoms with Crippen LogP contribution in [0.5, 0.6) is 0 Å². The van der Waals surface area contributed by atoms with E-state index >= 15 is 0 Å². The van der Waals surface area contributed by atoms with Gasteiger partial charge in [-0.05, 0) is 38.0 Å². The molecular formula is C15H19N3. The van der Waals surface area contributed by atoms with Crippen LogP contribution in [-0.2, 0) is 6.54 Å². The summed E-state index contributed by atoms with van der Waals surface area (Å²) in [5, 5.41) is 1.19. The van der Waals surface area contributed by atoms with Gasteiger partial charge in [-0.15, -0.1) is 0 Å². The van der Waals surface area contributed by atoms with Crippen LogP contribution in [0, 0.1) is 6.92 Å². The summed E-state index contributed by atoms with van der Waals surface area (Å²) >= 11 is 0. The van der Waals surface area contributed by atoms with Crippen molar-refractivity contribution in [2.45, 2.75) is 26.3 Å². The highest BCUT2D eigenvalue weighted by Gasteiger charge is 2.17. The van der Waals surface area contributed by atoms with Crippen molar-refractivity contribution >= 4 is 16.7 Å². The Labute approximate surface area is 108 Å². The van der Waals surface area contributed by atoms with E-state index in [0.717, 1.165) is 30.0 Å². The molecule has 1 aromatic heterocycles. The van der Waals surface area contributed by atoms with Gasteiger partial charge in [0.15, 0.2) is 0 Å². The van der Waals surface area contributed by atoms with Crippen molar-refractivity contribution in [3.63, 3.8) is 0 Å². The summed E-state index contributed by atoms with van der Waals surface area (Å²) in [5.41, 5.74) is 9.38. The van der Waals surface area contributed by atoms with E-state index in [4.69, 9.17) is 10.7 Å². The lowest BCUT2D eigenvalue weighted by atomic mass is 10.1. The van der Waals surface area contributed by atoms with Crippen LogP contribution in [0.15, 0.2) is 24.3 Å². The standard InChI is InChI=1S/C15H19N3/c1-11-4-5-14-12(8-11)9-13(10-16)15(17-14)18-6-2-3-7-18/h4-5,8-9H,2-3,6-7,10,16H2,1H3. The average molecular weight is 241 g/mol. The van der Waals surface area contributed by atoms with Crippen molar-refractivity contribution in [1.29, 1.82) is 0 Å². The molecule has 0 atom stereocenters. The first-order valence-electron chi connectivity index (χ1n) is 6.63. The molecular weight excluding hydrogens is 222 g/mol. The molecule has 3 nitrogen and oxygen atoms in total. The quantitative estimate of drug-likeness (QED) is 0.878. The Balaban J connectivity index is 2.14. The van der Waals surface area contributed by atoms with Crippen LogP contribution >= 0.6 is 0 Å². The van der Waals surface area contributed by atoms with E-state index in [0.29, 0.717) is 6.54 Å². The molecule has 0 unspecified atom stereocenters. The zero-order chi connectivity index (χ0) is 12.5. The van der Waals surface area contributed by atoms with E-state index in [-0.39, 0.29) is 0 Å². The molecule has 0 amide bonds. The van der Waals surface area contributed by atoms with Crippen molar-refractivity contribution in [3.05, 3.63) is 35.4 Å². The van der Waals surface area contributed by atoms with Gasteiger partial charge in [0.25, 0.3) is 0 Å². The largest absolute Gasteiger partial charge is 0.356 e. The van der Waals surface area contributed by atoms with Gasteiger partial charge in [0.05, 0.1) is 5.52 Å². The number of hydrogen-bond donors (Lipinski definition) is 1. The summed E-state index contributed by atoms with van der Waals surface area (Å²) in [7, 11) is 0. The van der Waals surface area contributed by atoms with Gasteiger partial charge in [-0.1, -0.05) is 11.6 Å². The van der Waals surface area contributed by atoms with Crippen LogP contribution in [0.1, 0.15) is 24.0 Å². The molecule has 1 aliphatic rings. The smallest absolute Gasteiger partial charge is 0.133 e. The molecule has 1 saturated heterocycles. The number of rotatable bonds is 2. The van der Waals surface area contributed by atoms with Gasteiger partial charge in [0.1, 0.15) is 5.82 Å². The van der Waals surface area contributed by atoms with Crippen molar-refractivity contribution in [2.75, 3.05) is 18.0 Å². The first-order valence-corrected chi connectivity index (χ1v) is 6.63. The lowest BCUT2D eigenvalue weighted by Crippen LogP contribution is -2.21. The number of anilines is 1. The highest BCUT2D eigenvalue weighted by atomic mass is 15.2. The zero-order valence-corrected chi connectivity index (χ0v) is 10.8. The Hall–Kier alpha value is -1.61. The Bertz CT molecular complexity index is 571. The number of aryl methyl sites for hydroxylation is 1.